The van der Waals surface area contributed by atoms with E-state index >= 15 is 0 Å². The Morgan fingerprint density at radius 3 is 2.51 bits per heavy atom. The van der Waals surface area contributed by atoms with Crippen LogP contribution in [0.4, 0.5) is 11.5 Å². The second-order valence-corrected chi connectivity index (χ2v) is 10.7. The van der Waals surface area contributed by atoms with Crippen molar-refractivity contribution >= 4 is 52.1 Å². The lowest BCUT2D eigenvalue weighted by atomic mass is 9.49. The SMILES string of the molecule is BC(B)(B)n1cnc2c(Nc3ccc(C(=O)N4CCN(C)CC4)cn3)cc(Oc3cnc(C#N)cc3C)nc21. The average molecular weight is 519 g/mol. The quantitative estimate of drug-likeness (QED) is 0.345. The monoisotopic (exact) mass is 519 g/mol. The number of hydrogen-bond acceptors (Lipinski definition) is 9. The number of ether oxygens (including phenoxy) is 1. The minimum atomic E-state index is -0.271. The topological polar surface area (TPSA) is 125 Å². The summed E-state index contributed by atoms with van der Waals surface area (Å²) in [5.74, 6) is 1.38. The van der Waals surface area contributed by atoms with Gasteiger partial charge in [0, 0.05) is 38.4 Å². The largest absolute Gasteiger partial charge is 0.437 e. The number of carbonyl (C=O) groups excluding carboxylic acids is 1. The number of nitrogens with one attached hydrogen (secondary N) is 1. The van der Waals surface area contributed by atoms with Gasteiger partial charge in [-0.25, -0.2) is 15.0 Å². The molecule has 0 atom stereocenters. The molecular weight excluding hydrogens is 491 g/mol. The molecule has 0 aromatic carbocycles. The third kappa shape index (κ3) is 5.58. The Balaban J connectivity index is 1.45. The van der Waals surface area contributed by atoms with Crippen molar-refractivity contribution in [3.63, 3.8) is 0 Å². The van der Waals surface area contributed by atoms with Gasteiger partial charge < -0.3 is 24.4 Å². The van der Waals surface area contributed by atoms with Gasteiger partial charge in [0.2, 0.25) is 5.88 Å². The summed E-state index contributed by atoms with van der Waals surface area (Å²) >= 11 is 0. The molecule has 0 radical (unpaired) electrons. The van der Waals surface area contributed by atoms with Crippen molar-refractivity contribution in [2.45, 2.75) is 12.2 Å². The summed E-state index contributed by atoms with van der Waals surface area (Å²) < 4.78 is 8.10. The maximum Gasteiger partial charge on any atom is 0.255 e. The molecule has 1 aliphatic heterocycles. The summed E-state index contributed by atoms with van der Waals surface area (Å²) in [5, 5.41) is 12.2. The number of hydrogen-bond donors (Lipinski definition) is 1. The molecule has 1 N–H and O–H groups in total. The number of imidazole rings is 1. The molecular formula is C25H28B3N9O2. The smallest absolute Gasteiger partial charge is 0.255 e. The van der Waals surface area contributed by atoms with Crippen LogP contribution in [0.25, 0.3) is 11.2 Å². The number of anilines is 2. The Hall–Kier alpha value is -4.37. The number of amides is 1. The molecule has 1 saturated heterocycles. The van der Waals surface area contributed by atoms with E-state index in [0.29, 0.717) is 58.6 Å². The van der Waals surface area contributed by atoms with E-state index in [-0.39, 0.29) is 11.1 Å². The molecule has 4 aromatic rings. The second kappa shape index (κ2) is 10.4. The third-order valence-corrected chi connectivity index (χ3v) is 6.66. The molecule has 0 spiro atoms. The fraction of sp³-hybridized carbons (Fsp3) is 0.280. The van der Waals surface area contributed by atoms with Crippen molar-refractivity contribution in [2.24, 2.45) is 0 Å². The Morgan fingerprint density at radius 2 is 1.87 bits per heavy atom. The highest BCUT2D eigenvalue weighted by Gasteiger charge is 2.22. The maximum atomic E-state index is 12.9. The first-order chi connectivity index (χ1) is 18.6. The molecule has 0 unspecified atom stereocenters. The number of nitrogens with zero attached hydrogens (tertiary/aromatic N) is 8. The number of carbonyl (C=O) groups is 1. The molecule has 0 bridgehead atoms. The Kier molecular flexibility index (Phi) is 7.01. The number of aromatic nitrogens is 5. The molecule has 39 heavy (non-hydrogen) atoms. The Bertz CT molecular complexity index is 1570. The average Bonchev–Trinajstić information content (AvgIpc) is 3.35. The van der Waals surface area contributed by atoms with Crippen LogP contribution in [0.15, 0.2) is 43.0 Å². The van der Waals surface area contributed by atoms with Crippen LogP contribution in [0.1, 0.15) is 21.6 Å². The van der Waals surface area contributed by atoms with E-state index in [1.54, 1.807) is 36.8 Å². The zero-order chi connectivity index (χ0) is 27.7. The molecule has 4 aromatic heterocycles. The molecule has 1 fully saturated rings. The molecule has 14 heteroatoms. The summed E-state index contributed by atoms with van der Waals surface area (Å²) in [6.45, 7) is 4.99. The summed E-state index contributed by atoms with van der Waals surface area (Å²) in [5.41, 5.74) is 3.59. The summed E-state index contributed by atoms with van der Waals surface area (Å²) in [6.07, 6.45) is 4.87. The fourth-order valence-corrected chi connectivity index (χ4v) is 4.35. The van der Waals surface area contributed by atoms with E-state index in [1.807, 2.05) is 22.5 Å². The first-order valence-electron chi connectivity index (χ1n) is 12.8. The highest BCUT2D eigenvalue weighted by atomic mass is 16.5. The number of pyridine rings is 3. The maximum absolute atomic E-state index is 12.9. The van der Waals surface area contributed by atoms with Gasteiger partial charge in [-0.2, -0.15) is 10.2 Å². The first-order valence-corrected chi connectivity index (χ1v) is 12.8. The lowest BCUT2D eigenvalue weighted by Gasteiger charge is -2.32. The lowest BCUT2D eigenvalue weighted by molar-refractivity contribution is 0.0663. The lowest BCUT2D eigenvalue weighted by Crippen LogP contribution is -2.47. The van der Waals surface area contributed by atoms with Gasteiger partial charge in [0.25, 0.3) is 5.91 Å². The van der Waals surface area contributed by atoms with Crippen molar-refractivity contribution in [3.8, 4) is 17.7 Å². The summed E-state index contributed by atoms with van der Waals surface area (Å²) in [4.78, 5) is 35.0. The normalized spacial score (nSPS) is 14.2. The van der Waals surface area contributed by atoms with Crippen LogP contribution in [0.2, 0.25) is 0 Å². The number of likely N-dealkylation sites (N-methyl/N-ethyl adjacent to an activating group) is 1. The van der Waals surface area contributed by atoms with Crippen molar-refractivity contribution < 1.29 is 9.53 Å². The molecule has 5 heterocycles. The minimum Gasteiger partial charge on any atom is -0.437 e. The molecule has 1 amide bonds. The zero-order valence-corrected chi connectivity index (χ0v) is 22.8. The van der Waals surface area contributed by atoms with Gasteiger partial charge in [-0.1, -0.05) is 0 Å². The summed E-state index contributed by atoms with van der Waals surface area (Å²) in [6, 6.07) is 9.02. The van der Waals surface area contributed by atoms with E-state index in [2.05, 4.69) is 55.8 Å². The van der Waals surface area contributed by atoms with E-state index in [9.17, 15) is 4.79 Å². The van der Waals surface area contributed by atoms with Crippen molar-refractivity contribution in [1.82, 2.24) is 34.3 Å². The number of nitriles is 1. The van der Waals surface area contributed by atoms with Crippen molar-refractivity contribution in [2.75, 3.05) is 38.5 Å². The van der Waals surface area contributed by atoms with Crippen LogP contribution >= 0.6 is 0 Å². The summed E-state index contributed by atoms with van der Waals surface area (Å²) in [7, 11) is 8.28. The zero-order valence-electron chi connectivity index (χ0n) is 22.8. The number of rotatable bonds is 6. The molecule has 0 aliphatic carbocycles. The number of piperazine rings is 1. The van der Waals surface area contributed by atoms with Gasteiger partial charge in [0.15, 0.2) is 11.4 Å². The van der Waals surface area contributed by atoms with Gasteiger partial charge in [-0.15, -0.1) is 0 Å². The standard InChI is InChI=1S/C25H28B3N9O2/c1-15-9-17(11-29)30-13-19(15)39-21-10-18(22-23(34-21)37(14-32-22)25(26,27)28)33-20-4-3-16(12-31-20)24(38)36-7-5-35(2)6-8-36/h3-4,9-10,12-14H,5-8,26-28H2,1-2H3,(H,31,33,34). The molecule has 11 nitrogen and oxygen atoms in total. The third-order valence-electron chi connectivity index (χ3n) is 6.66. The van der Waals surface area contributed by atoms with Crippen LogP contribution in [-0.4, -0.2) is 97.0 Å². The van der Waals surface area contributed by atoms with Gasteiger partial charge >= 0.3 is 0 Å². The fourth-order valence-electron chi connectivity index (χ4n) is 4.35. The van der Waals surface area contributed by atoms with E-state index in [0.717, 1.165) is 18.7 Å². The number of aryl methyl sites for hydroxylation is 1. The van der Waals surface area contributed by atoms with E-state index < -0.39 is 0 Å². The predicted octanol–water partition coefficient (Wildman–Crippen LogP) is -0.208. The van der Waals surface area contributed by atoms with Crippen LogP contribution in [0.3, 0.4) is 0 Å². The molecule has 1 aliphatic rings. The van der Waals surface area contributed by atoms with E-state index in [1.165, 1.54) is 6.20 Å². The highest BCUT2D eigenvalue weighted by molar-refractivity contribution is 6.56. The van der Waals surface area contributed by atoms with Crippen molar-refractivity contribution in [3.05, 3.63) is 59.8 Å². The van der Waals surface area contributed by atoms with Crippen molar-refractivity contribution in [1.29, 1.82) is 5.26 Å². The van der Waals surface area contributed by atoms with Gasteiger partial charge in [0.05, 0.1) is 23.8 Å². The van der Waals surface area contributed by atoms with Gasteiger partial charge in [-0.3, -0.25) is 4.79 Å². The number of fused-ring (bicyclic) bond motifs is 1. The Morgan fingerprint density at radius 1 is 1.10 bits per heavy atom. The highest BCUT2D eigenvalue weighted by Crippen LogP contribution is 2.32. The molecule has 5 rings (SSSR count). The van der Waals surface area contributed by atoms with Gasteiger partial charge in [0.1, 0.15) is 46.6 Å². The first kappa shape index (κ1) is 26.3. The second-order valence-electron chi connectivity index (χ2n) is 10.7. The molecule has 0 saturated carbocycles. The predicted molar refractivity (Wildman–Crippen MR) is 156 cm³/mol. The van der Waals surface area contributed by atoms with E-state index in [4.69, 9.17) is 15.0 Å². The van der Waals surface area contributed by atoms with Crippen LogP contribution in [0.5, 0.6) is 11.6 Å². The minimum absolute atomic E-state index is 0.0144. The Labute approximate surface area is 229 Å². The van der Waals surface area contributed by atoms with Crippen LogP contribution < -0.4 is 10.1 Å². The molecule has 194 valence electrons. The van der Waals surface area contributed by atoms with Crippen LogP contribution in [0, 0.1) is 18.3 Å². The van der Waals surface area contributed by atoms with Crippen LogP contribution in [-0.2, 0) is 5.24 Å². The van der Waals surface area contributed by atoms with Gasteiger partial charge in [-0.05, 0) is 43.0 Å².